The van der Waals surface area contributed by atoms with Gasteiger partial charge < -0.3 is 10.1 Å². The van der Waals surface area contributed by atoms with E-state index in [2.05, 4.69) is 21.2 Å². The predicted molar refractivity (Wildman–Crippen MR) is 83.0 cm³/mol. The molecule has 1 N–H and O–H groups in total. The van der Waals surface area contributed by atoms with Gasteiger partial charge in [-0.2, -0.15) is 0 Å². The lowest BCUT2D eigenvalue weighted by molar-refractivity contribution is 0.412. The zero-order valence-corrected chi connectivity index (χ0v) is 13.4. The number of hydrogen-bond donors (Lipinski definition) is 1. The van der Waals surface area contributed by atoms with Gasteiger partial charge in [0, 0.05) is 5.56 Å². The molecule has 0 saturated heterocycles. The van der Waals surface area contributed by atoms with Crippen LogP contribution in [-0.2, 0) is 0 Å². The minimum absolute atomic E-state index is 0.121. The van der Waals surface area contributed by atoms with Gasteiger partial charge in [0.25, 0.3) is 0 Å². The van der Waals surface area contributed by atoms with Crippen molar-refractivity contribution in [3.63, 3.8) is 0 Å². The number of rotatable bonds is 4. The molecule has 0 fully saturated rings. The van der Waals surface area contributed by atoms with Gasteiger partial charge in [0.2, 0.25) is 0 Å². The molecule has 0 aliphatic heterocycles. The standard InChI is InChI=1S/C15H14BrClFNO/c1-19-15(10-4-3-5-12(17)14(10)18)9-6-7-13(20-2)11(16)8-9/h3-8,15,19H,1-2H3. The van der Waals surface area contributed by atoms with Crippen molar-refractivity contribution in [1.82, 2.24) is 5.32 Å². The van der Waals surface area contributed by atoms with Crippen molar-refractivity contribution in [2.24, 2.45) is 0 Å². The van der Waals surface area contributed by atoms with Crippen molar-refractivity contribution >= 4 is 27.5 Å². The number of hydrogen-bond acceptors (Lipinski definition) is 2. The van der Waals surface area contributed by atoms with Crippen LogP contribution in [0.2, 0.25) is 5.02 Å². The molecule has 0 saturated carbocycles. The Hall–Kier alpha value is -1.10. The van der Waals surface area contributed by atoms with Crippen LogP contribution in [0.5, 0.6) is 5.75 Å². The minimum atomic E-state index is -0.402. The Morgan fingerprint density at radius 2 is 2.05 bits per heavy atom. The van der Waals surface area contributed by atoms with Crippen LogP contribution in [0.15, 0.2) is 40.9 Å². The fourth-order valence-corrected chi connectivity index (χ4v) is 2.85. The Kier molecular flexibility index (Phi) is 5.02. The normalized spacial score (nSPS) is 12.2. The maximum Gasteiger partial charge on any atom is 0.146 e. The summed E-state index contributed by atoms with van der Waals surface area (Å²) in [5.41, 5.74) is 1.43. The van der Waals surface area contributed by atoms with Gasteiger partial charge in [-0.15, -0.1) is 0 Å². The fourth-order valence-electron chi connectivity index (χ4n) is 2.11. The summed E-state index contributed by atoms with van der Waals surface area (Å²) < 4.78 is 20.2. The molecule has 0 aliphatic rings. The molecule has 2 aromatic rings. The van der Waals surface area contributed by atoms with Crippen molar-refractivity contribution < 1.29 is 9.13 Å². The predicted octanol–water partition coefficient (Wildman–Crippen LogP) is 4.56. The van der Waals surface area contributed by atoms with E-state index in [-0.39, 0.29) is 11.1 Å². The van der Waals surface area contributed by atoms with Gasteiger partial charge in [-0.1, -0.05) is 29.8 Å². The van der Waals surface area contributed by atoms with E-state index < -0.39 is 5.82 Å². The molecule has 0 aromatic heterocycles. The molecule has 2 aromatic carbocycles. The lowest BCUT2D eigenvalue weighted by Crippen LogP contribution is -2.19. The lowest BCUT2D eigenvalue weighted by Gasteiger charge is -2.19. The third kappa shape index (κ3) is 2.97. The number of halogens is 3. The van der Waals surface area contributed by atoms with Gasteiger partial charge in [0.15, 0.2) is 0 Å². The van der Waals surface area contributed by atoms with E-state index in [1.807, 2.05) is 18.2 Å². The van der Waals surface area contributed by atoms with E-state index in [4.69, 9.17) is 16.3 Å². The first-order valence-electron chi connectivity index (χ1n) is 6.03. The van der Waals surface area contributed by atoms with Crippen LogP contribution in [0.4, 0.5) is 4.39 Å². The highest BCUT2D eigenvalue weighted by Gasteiger charge is 2.18. The summed E-state index contributed by atoms with van der Waals surface area (Å²) in [5, 5.41) is 3.23. The van der Waals surface area contributed by atoms with Crippen LogP contribution in [0.1, 0.15) is 17.2 Å². The molecule has 20 heavy (non-hydrogen) atoms. The third-order valence-corrected chi connectivity index (χ3v) is 4.00. The van der Waals surface area contributed by atoms with Crippen molar-refractivity contribution in [2.45, 2.75) is 6.04 Å². The van der Waals surface area contributed by atoms with E-state index in [1.54, 1.807) is 26.3 Å². The fraction of sp³-hybridized carbons (Fsp3) is 0.200. The molecular formula is C15H14BrClFNO. The second-order valence-corrected chi connectivity index (χ2v) is 5.52. The van der Waals surface area contributed by atoms with E-state index in [0.717, 1.165) is 15.8 Å². The SMILES string of the molecule is CNC(c1ccc(OC)c(Br)c1)c1cccc(Cl)c1F. The Morgan fingerprint density at radius 1 is 1.30 bits per heavy atom. The molecule has 0 heterocycles. The van der Waals surface area contributed by atoms with Crippen LogP contribution < -0.4 is 10.1 Å². The molecule has 0 spiro atoms. The first-order chi connectivity index (χ1) is 9.58. The molecular weight excluding hydrogens is 345 g/mol. The van der Waals surface area contributed by atoms with Gasteiger partial charge in [0.1, 0.15) is 11.6 Å². The zero-order chi connectivity index (χ0) is 14.7. The molecule has 5 heteroatoms. The average molecular weight is 359 g/mol. The van der Waals surface area contributed by atoms with Gasteiger partial charge in [0.05, 0.1) is 22.6 Å². The first kappa shape index (κ1) is 15.3. The topological polar surface area (TPSA) is 21.3 Å². The summed E-state index contributed by atoms with van der Waals surface area (Å²) in [6.07, 6.45) is 0. The summed E-state index contributed by atoms with van der Waals surface area (Å²) in [6.45, 7) is 0. The second-order valence-electron chi connectivity index (χ2n) is 4.26. The summed E-state index contributed by atoms with van der Waals surface area (Å²) in [6, 6.07) is 10.4. The number of nitrogens with one attached hydrogen (secondary N) is 1. The monoisotopic (exact) mass is 357 g/mol. The molecule has 0 aliphatic carbocycles. The molecule has 1 atom stereocenters. The van der Waals surface area contributed by atoms with E-state index in [0.29, 0.717) is 5.56 Å². The average Bonchev–Trinajstić information content (AvgIpc) is 2.44. The van der Waals surface area contributed by atoms with Crippen LogP contribution in [0.3, 0.4) is 0 Å². The lowest BCUT2D eigenvalue weighted by atomic mass is 9.98. The highest BCUT2D eigenvalue weighted by Crippen LogP contribution is 2.32. The number of methoxy groups -OCH3 is 1. The van der Waals surface area contributed by atoms with Gasteiger partial charge in [-0.25, -0.2) is 4.39 Å². The third-order valence-electron chi connectivity index (χ3n) is 3.09. The summed E-state index contributed by atoms with van der Waals surface area (Å²) in [5.74, 6) is 0.329. The van der Waals surface area contributed by atoms with Crippen molar-refractivity contribution in [3.05, 3.63) is 62.8 Å². The minimum Gasteiger partial charge on any atom is -0.496 e. The van der Waals surface area contributed by atoms with Gasteiger partial charge in [-0.3, -0.25) is 0 Å². The summed E-state index contributed by atoms with van der Waals surface area (Å²) >= 11 is 9.29. The summed E-state index contributed by atoms with van der Waals surface area (Å²) in [4.78, 5) is 0. The maximum absolute atomic E-state index is 14.2. The maximum atomic E-state index is 14.2. The highest BCUT2D eigenvalue weighted by atomic mass is 79.9. The number of ether oxygens (including phenoxy) is 1. The molecule has 0 amide bonds. The molecule has 2 nitrogen and oxygen atoms in total. The Balaban J connectivity index is 2.47. The van der Waals surface area contributed by atoms with Crippen molar-refractivity contribution in [1.29, 1.82) is 0 Å². The Morgan fingerprint density at radius 3 is 2.65 bits per heavy atom. The Bertz CT molecular complexity index is 621. The van der Waals surface area contributed by atoms with Crippen LogP contribution in [0, 0.1) is 5.82 Å². The van der Waals surface area contributed by atoms with Crippen LogP contribution >= 0.6 is 27.5 Å². The molecule has 0 bridgehead atoms. The van der Waals surface area contributed by atoms with Crippen molar-refractivity contribution in [2.75, 3.05) is 14.2 Å². The largest absolute Gasteiger partial charge is 0.496 e. The van der Waals surface area contributed by atoms with E-state index in [1.165, 1.54) is 6.07 Å². The van der Waals surface area contributed by atoms with Crippen LogP contribution in [-0.4, -0.2) is 14.2 Å². The quantitative estimate of drug-likeness (QED) is 0.865. The van der Waals surface area contributed by atoms with Crippen molar-refractivity contribution in [3.8, 4) is 5.75 Å². The molecule has 106 valence electrons. The van der Waals surface area contributed by atoms with E-state index in [9.17, 15) is 4.39 Å². The van der Waals surface area contributed by atoms with E-state index >= 15 is 0 Å². The van der Waals surface area contributed by atoms with Gasteiger partial charge >= 0.3 is 0 Å². The van der Waals surface area contributed by atoms with Crippen LogP contribution in [0.25, 0.3) is 0 Å². The first-order valence-corrected chi connectivity index (χ1v) is 7.20. The highest BCUT2D eigenvalue weighted by molar-refractivity contribution is 9.10. The molecule has 1 unspecified atom stereocenters. The smallest absolute Gasteiger partial charge is 0.146 e. The zero-order valence-electron chi connectivity index (χ0n) is 11.1. The Labute approximate surface area is 131 Å². The van der Waals surface area contributed by atoms with Gasteiger partial charge in [-0.05, 0) is 46.7 Å². The molecule has 0 radical (unpaired) electrons. The summed E-state index contributed by atoms with van der Waals surface area (Å²) in [7, 11) is 3.38. The number of benzene rings is 2. The molecule has 2 rings (SSSR count). The second kappa shape index (κ2) is 6.57.